The van der Waals surface area contributed by atoms with Crippen molar-refractivity contribution >= 4 is 34.5 Å². The molecule has 3 N–H and O–H groups in total. The Labute approximate surface area is 209 Å². The number of hydrogen-bond acceptors (Lipinski definition) is 7. The quantitative estimate of drug-likeness (QED) is 0.316. The molecule has 184 valence electrons. The van der Waals surface area contributed by atoms with E-state index in [1.807, 2.05) is 42.5 Å². The average Bonchev–Trinajstić information content (AvgIpc) is 3.49. The van der Waals surface area contributed by atoms with Crippen LogP contribution in [-0.2, 0) is 16.1 Å². The lowest BCUT2D eigenvalue weighted by Crippen LogP contribution is -2.12. The maximum atomic E-state index is 13.3. The Morgan fingerprint density at radius 3 is 2.53 bits per heavy atom. The van der Waals surface area contributed by atoms with Crippen LogP contribution in [0.1, 0.15) is 40.9 Å². The minimum Gasteiger partial charge on any atom is -0.462 e. The molecular weight excluding hydrogens is 458 g/mol. The molecule has 2 aliphatic rings. The van der Waals surface area contributed by atoms with Gasteiger partial charge < -0.3 is 30.2 Å². The molecule has 1 amide bonds. The zero-order valence-electron chi connectivity index (χ0n) is 20.1. The Morgan fingerprint density at radius 2 is 1.75 bits per heavy atom. The van der Waals surface area contributed by atoms with Crippen LogP contribution < -0.4 is 25.4 Å². The van der Waals surface area contributed by atoms with Crippen LogP contribution in [0.25, 0.3) is 11.3 Å². The lowest BCUT2D eigenvalue weighted by atomic mass is 9.98. The van der Waals surface area contributed by atoms with Gasteiger partial charge in [0.25, 0.3) is 5.91 Å². The minimum atomic E-state index is -0.432. The van der Waals surface area contributed by atoms with Gasteiger partial charge in [-0.1, -0.05) is 25.1 Å². The van der Waals surface area contributed by atoms with E-state index in [1.165, 1.54) is 0 Å². The number of anilines is 2. The van der Waals surface area contributed by atoms with E-state index in [0.29, 0.717) is 39.6 Å². The highest BCUT2D eigenvalue weighted by molar-refractivity contribution is 6.37. The highest BCUT2D eigenvalue weighted by atomic mass is 16.7. The number of hydrogen-bond donors (Lipinski definition) is 3. The van der Waals surface area contributed by atoms with Gasteiger partial charge in [-0.05, 0) is 61.5 Å². The molecule has 3 aromatic carbocycles. The van der Waals surface area contributed by atoms with Crippen molar-refractivity contribution in [3.8, 4) is 11.5 Å². The van der Waals surface area contributed by atoms with E-state index in [0.717, 1.165) is 29.9 Å². The summed E-state index contributed by atoms with van der Waals surface area (Å²) in [6.07, 6.45) is 0. The summed E-state index contributed by atoms with van der Waals surface area (Å²) in [5.41, 5.74) is 5.48. The third-order valence-electron chi connectivity index (χ3n) is 5.99. The van der Waals surface area contributed by atoms with Crippen molar-refractivity contribution in [3.63, 3.8) is 0 Å². The number of carbonyl (C=O) groups is 2. The SMILES string of the molecule is CCNCc1ccc(NC(=C2C(=O)Nc3cc(C(=O)OCC)ccc32)c2ccc3c(c2)OCO3)cc1. The standard InChI is InChI=1S/C28H27N3O5/c1-3-29-15-17-5-9-20(10-6-17)30-26(18-8-12-23-24(14-18)36-16-35-23)25-21-11-7-19(28(33)34-4-2)13-22(21)31-27(25)32/h5-14,29-30H,3-4,15-16H2,1-2H3,(H,31,32). The number of ether oxygens (including phenoxy) is 3. The number of carbonyl (C=O) groups excluding carboxylic acids is 2. The van der Waals surface area contributed by atoms with Crippen LogP contribution in [0.5, 0.6) is 11.5 Å². The fourth-order valence-corrected chi connectivity index (χ4v) is 4.21. The Hall–Kier alpha value is -4.30. The fraction of sp³-hybridized carbons (Fsp3) is 0.214. The van der Waals surface area contributed by atoms with Crippen LogP contribution >= 0.6 is 0 Å². The van der Waals surface area contributed by atoms with Gasteiger partial charge in [0, 0.05) is 23.4 Å². The molecule has 0 spiro atoms. The van der Waals surface area contributed by atoms with Crippen LogP contribution in [0.4, 0.5) is 11.4 Å². The van der Waals surface area contributed by atoms with Gasteiger partial charge in [-0.15, -0.1) is 0 Å². The molecule has 0 unspecified atom stereocenters. The maximum Gasteiger partial charge on any atom is 0.338 e. The molecule has 0 radical (unpaired) electrons. The highest BCUT2D eigenvalue weighted by Crippen LogP contribution is 2.41. The Kier molecular flexibility index (Phi) is 6.60. The molecule has 0 fully saturated rings. The van der Waals surface area contributed by atoms with Gasteiger partial charge in [0.15, 0.2) is 11.5 Å². The van der Waals surface area contributed by atoms with E-state index < -0.39 is 5.97 Å². The van der Waals surface area contributed by atoms with Crippen molar-refractivity contribution in [2.45, 2.75) is 20.4 Å². The normalized spacial score (nSPS) is 14.8. The Bertz CT molecular complexity index is 1350. The third kappa shape index (κ3) is 4.63. The van der Waals surface area contributed by atoms with Gasteiger partial charge in [-0.25, -0.2) is 4.79 Å². The molecule has 8 nitrogen and oxygen atoms in total. The van der Waals surface area contributed by atoms with Gasteiger partial charge in [0.05, 0.1) is 29.1 Å². The molecule has 8 heteroatoms. The van der Waals surface area contributed by atoms with Crippen molar-refractivity contribution in [1.29, 1.82) is 0 Å². The summed E-state index contributed by atoms with van der Waals surface area (Å²) in [5, 5.41) is 9.66. The lowest BCUT2D eigenvalue weighted by Gasteiger charge is -2.16. The number of fused-ring (bicyclic) bond motifs is 2. The smallest absolute Gasteiger partial charge is 0.338 e. The molecule has 0 saturated heterocycles. The van der Waals surface area contributed by atoms with Crippen molar-refractivity contribution in [3.05, 3.63) is 82.9 Å². The Balaban J connectivity index is 1.57. The van der Waals surface area contributed by atoms with E-state index in [4.69, 9.17) is 14.2 Å². The maximum absolute atomic E-state index is 13.3. The van der Waals surface area contributed by atoms with E-state index in [2.05, 4.69) is 22.9 Å². The van der Waals surface area contributed by atoms with E-state index in [-0.39, 0.29) is 19.3 Å². The van der Waals surface area contributed by atoms with Crippen molar-refractivity contribution in [1.82, 2.24) is 5.32 Å². The molecule has 0 aliphatic carbocycles. The zero-order chi connectivity index (χ0) is 25.1. The topological polar surface area (TPSA) is 97.9 Å². The first kappa shape index (κ1) is 23.4. The van der Waals surface area contributed by atoms with Gasteiger partial charge >= 0.3 is 5.97 Å². The van der Waals surface area contributed by atoms with Gasteiger partial charge in [-0.3, -0.25) is 4.79 Å². The first-order valence-corrected chi connectivity index (χ1v) is 11.9. The van der Waals surface area contributed by atoms with Crippen LogP contribution in [0.15, 0.2) is 60.7 Å². The van der Waals surface area contributed by atoms with Crippen molar-refractivity contribution in [2.75, 3.05) is 30.6 Å². The molecule has 36 heavy (non-hydrogen) atoms. The monoisotopic (exact) mass is 485 g/mol. The predicted molar refractivity (Wildman–Crippen MR) is 138 cm³/mol. The fourth-order valence-electron chi connectivity index (χ4n) is 4.21. The predicted octanol–water partition coefficient (Wildman–Crippen LogP) is 4.63. The van der Waals surface area contributed by atoms with Crippen LogP contribution in [0.2, 0.25) is 0 Å². The second-order valence-electron chi connectivity index (χ2n) is 8.36. The number of amides is 1. The van der Waals surface area contributed by atoms with Crippen LogP contribution in [-0.4, -0.2) is 31.8 Å². The van der Waals surface area contributed by atoms with E-state index in [9.17, 15) is 9.59 Å². The molecule has 0 atom stereocenters. The number of benzene rings is 3. The summed E-state index contributed by atoms with van der Waals surface area (Å²) >= 11 is 0. The summed E-state index contributed by atoms with van der Waals surface area (Å²) in [6, 6.07) is 18.7. The third-order valence-corrected chi connectivity index (χ3v) is 5.99. The largest absolute Gasteiger partial charge is 0.462 e. The molecule has 3 aromatic rings. The van der Waals surface area contributed by atoms with E-state index in [1.54, 1.807) is 25.1 Å². The first-order valence-electron chi connectivity index (χ1n) is 11.9. The number of nitrogens with one attached hydrogen (secondary N) is 3. The van der Waals surface area contributed by atoms with Crippen LogP contribution in [0, 0.1) is 0 Å². The number of rotatable bonds is 8. The van der Waals surface area contributed by atoms with Crippen LogP contribution in [0.3, 0.4) is 0 Å². The van der Waals surface area contributed by atoms with E-state index >= 15 is 0 Å². The molecule has 2 heterocycles. The minimum absolute atomic E-state index is 0.158. The summed E-state index contributed by atoms with van der Waals surface area (Å²) in [6.45, 7) is 5.94. The zero-order valence-corrected chi connectivity index (χ0v) is 20.1. The van der Waals surface area contributed by atoms with Gasteiger partial charge in [-0.2, -0.15) is 0 Å². The summed E-state index contributed by atoms with van der Waals surface area (Å²) in [5.74, 6) is 0.574. The molecule has 2 aliphatic heterocycles. The van der Waals surface area contributed by atoms with Crippen molar-refractivity contribution in [2.24, 2.45) is 0 Å². The second kappa shape index (κ2) is 10.1. The van der Waals surface area contributed by atoms with Gasteiger partial charge in [0.1, 0.15) is 0 Å². The molecule has 0 saturated carbocycles. The van der Waals surface area contributed by atoms with Crippen molar-refractivity contribution < 1.29 is 23.8 Å². The molecule has 0 bridgehead atoms. The summed E-state index contributed by atoms with van der Waals surface area (Å²) < 4.78 is 16.2. The molecular formula is C28H27N3O5. The second-order valence-corrected chi connectivity index (χ2v) is 8.36. The lowest BCUT2D eigenvalue weighted by molar-refractivity contribution is -0.110. The molecule has 5 rings (SSSR count). The average molecular weight is 486 g/mol. The van der Waals surface area contributed by atoms with Gasteiger partial charge in [0.2, 0.25) is 6.79 Å². The summed E-state index contributed by atoms with van der Waals surface area (Å²) in [7, 11) is 0. The highest BCUT2D eigenvalue weighted by Gasteiger charge is 2.30. The summed E-state index contributed by atoms with van der Waals surface area (Å²) in [4.78, 5) is 25.5. The molecule has 0 aromatic heterocycles. The Morgan fingerprint density at radius 1 is 0.972 bits per heavy atom. The first-order chi connectivity index (χ1) is 17.6. The number of esters is 1.